The fourth-order valence-electron chi connectivity index (χ4n) is 3.07. The molecule has 0 amide bonds. The summed E-state index contributed by atoms with van der Waals surface area (Å²) >= 11 is 0. The molecule has 146 valence electrons. The van der Waals surface area contributed by atoms with Crippen molar-refractivity contribution in [3.05, 3.63) is 90.0 Å². The van der Waals surface area contributed by atoms with Gasteiger partial charge < -0.3 is 14.2 Å². The predicted molar refractivity (Wildman–Crippen MR) is 109 cm³/mol. The van der Waals surface area contributed by atoms with Crippen LogP contribution in [-0.2, 0) is 19.0 Å². The summed E-state index contributed by atoms with van der Waals surface area (Å²) in [6.45, 7) is 2.17. The lowest BCUT2D eigenvalue weighted by molar-refractivity contribution is -0.235. The van der Waals surface area contributed by atoms with Crippen molar-refractivity contribution in [1.82, 2.24) is 0 Å². The second-order valence-corrected chi connectivity index (χ2v) is 6.57. The Morgan fingerprint density at radius 3 is 2.50 bits per heavy atom. The molecule has 1 aliphatic rings. The van der Waals surface area contributed by atoms with Crippen LogP contribution in [0.15, 0.2) is 78.9 Å². The van der Waals surface area contributed by atoms with Crippen LogP contribution >= 0.6 is 0 Å². The van der Waals surface area contributed by atoms with Gasteiger partial charge in [-0.05, 0) is 18.9 Å². The van der Waals surface area contributed by atoms with Gasteiger partial charge in [-0.15, -0.1) is 0 Å². The van der Waals surface area contributed by atoms with Crippen LogP contribution < -0.4 is 0 Å². The lowest BCUT2D eigenvalue weighted by Crippen LogP contribution is -2.32. The van der Waals surface area contributed by atoms with Crippen LogP contribution in [0.25, 0.3) is 6.08 Å². The summed E-state index contributed by atoms with van der Waals surface area (Å²) in [6, 6.07) is 20.1. The molecule has 0 spiro atoms. The number of carbonyl (C=O) groups excluding carboxylic acids is 1. The molecule has 0 N–H and O–H groups in total. The average molecular weight is 378 g/mol. The summed E-state index contributed by atoms with van der Waals surface area (Å²) < 4.78 is 17.2. The van der Waals surface area contributed by atoms with Gasteiger partial charge in [-0.3, -0.25) is 0 Å². The second-order valence-electron chi connectivity index (χ2n) is 6.57. The monoisotopic (exact) mass is 378 g/mol. The van der Waals surface area contributed by atoms with E-state index in [2.05, 4.69) is 24.3 Å². The number of benzene rings is 2. The van der Waals surface area contributed by atoms with Crippen molar-refractivity contribution in [1.29, 1.82) is 0 Å². The van der Waals surface area contributed by atoms with Gasteiger partial charge in [-0.25, -0.2) is 4.79 Å². The number of rotatable bonds is 7. The molecule has 3 rings (SSSR count). The lowest BCUT2D eigenvalue weighted by Gasteiger charge is -2.34. The van der Waals surface area contributed by atoms with E-state index >= 15 is 0 Å². The third-order valence-electron chi connectivity index (χ3n) is 4.42. The van der Waals surface area contributed by atoms with Gasteiger partial charge in [0.1, 0.15) is 0 Å². The van der Waals surface area contributed by atoms with Crippen molar-refractivity contribution >= 4 is 12.0 Å². The van der Waals surface area contributed by atoms with Crippen LogP contribution in [0.4, 0.5) is 0 Å². The molecule has 4 nitrogen and oxygen atoms in total. The quantitative estimate of drug-likeness (QED) is 0.498. The molecule has 1 aliphatic heterocycles. The number of hydrogen-bond acceptors (Lipinski definition) is 4. The molecule has 0 saturated carbocycles. The van der Waals surface area contributed by atoms with E-state index in [0.717, 1.165) is 17.5 Å². The summed E-state index contributed by atoms with van der Waals surface area (Å²) in [4.78, 5) is 11.5. The van der Waals surface area contributed by atoms with E-state index < -0.39 is 6.29 Å². The van der Waals surface area contributed by atoms with E-state index in [9.17, 15) is 4.79 Å². The normalized spacial score (nSPS) is 22.5. The molecule has 0 aliphatic carbocycles. The fraction of sp³-hybridized carbons (Fsp3) is 0.292. The van der Waals surface area contributed by atoms with E-state index in [1.807, 2.05) is 54.6 Å². The molecule has 0 unspecified atom stereocenters. The molecule has 0 aromatic heterocycles. The molecule has 0 bridgehead atoms. The molecule has 4 heteroatoms. The zero-order valence-electron chi connectivity index (χ0n) is 16.1. The maximum Gasteiger partial charge on any atom is 0.330 e. The molecule has 28 heavy (non-hydrogen) atoms. The van der Waals surface area contributed by atoms with E-state index in [0.29, 0.717) is 13.0 Å². The minimum absolute atomic E-state index is 0.0462. The largest absolute Gasteiger partial charge is 0.463 e. The van der Waals surface area contributed by atoms with E-state index in [4.69, 9.17) is 14.2 Å². The molecule has 3 atom stereocenters. The molecule has 1 heterocycles. The second kappa shape index (κ2) is 10.6. The Balaban J connectivity index is 1.69. The van der Waals surface area contributed by atoms with Crippen molar-refractivity contribution in [2.75, 3.05) is 6.61 Å². The molecule has 2 aromatic rings. The van der Waals surface area contributed by atoms with Gasteiger partial charge in [0.15, 0.2) is 6.29 Å². The van der Waals surface area contributed by atoms with Crippen LogP contribution in [0, 0.1) is 0 Å². The Morgan fingerprint density at radius 1 is 1.07 bits per heavy atom. The minimum atomic E-state index is -0.429. The maximum absolute atomic E-state index is 11.5. The van der Waals surface area contributed by atoms with Gasteiger partial charge in [-0.1, -0.05) is 78.9 Å². The molecule has 1 fully saturated rings. The topological polar surface area (TPSA) is 44.8 Å². The smallest absolute Gasteiger partial charge is 0.330 e. The Morgan fingerprint density at radius 2 is 1.79 bits per heavy atom. The van der Waals surface area contributed by atoms with E-state index in [1.54, 1.807) is 6.92 Å². The Labute approximate surface area is 166 Å². The van der Waals surface area contributed by atoms with Crippen LogP contribution in [0.3, 0.4) is 0 Å². The molecule has 0 radical (unpaired) electrons. The SMILES string of the molecule is CCOC(=O)/C=C\C[C@H]1C[C@@H](/C=C/c2ccccc2)O[C@@H](c2ccccc2)O1. The zero-order chi connectivity index (χ0) is 19.6. The minimum Gasteiger partial charge on any atom is -0.463 e. The fourth-order valence-corrected chi connectivity index (χ4v) is 3.07. The van der Waals surface area contributed by atoms with E-state index in [1.165, 1.54) is 6.08 Å². The Kier molecular flexibility index (Phi) is 7.59. The van der Waals surface area contributed by atoms with Crippen molar-refractivity contribution in [3.63, 3.8) is 0 Å². The van der Waals surface area contributed by atoms with Crippen LogP contribution in [0.5, 0.6) is 0 Å². The average Bonchev–Trinajstić information content (AvgIpc) is 2.74. The number of ether oxygens (including phenoxy) is 3. The summed E-state index contributed by atoms with van der Waals surface area (Å²) in [7, 11) is 0. The number of carbonyl (C=O) groups is 1. The van der Waals surface area contributed by atoms with Crippen molar-refractivity contribution in [2.45, 2.75) is 38.3 Å². The molecule has 1 saturated heterocycles. The highest BCUT2D eigenvalue weighted by molar-refractivity contribution is 5.81. The zero-order valence-corrected chi connectivity index (χ0v) is 16.1. The first-order valence-corrected chi connectivity index (χ1v) is 9.67. The number of esters is 1. The highest BCUT2D eigenvalue weighted by Gasteiger charge is 2.29. The van der Waals surface area contributed by atoms with Crippen molar-refractivity contribution in [2.24, 2.45) is 0 Å². The van der Waals surface area contributed by atoms with Gasteiger partial charge in [-0.2, -0.15) is 0 Å². The first-order chi connectivity index (χ1) is 13.7. The van der Waals surface area contributed by atoms with Crippen molar-refractivity contribution in [3.8, 4) is 0 Å². The molecule has 2 aromatic carbocycles. The predicted octanol–water partition coefficient (Wildman–Crippen LogP) is 5.08. The summed E-state index contributed by atoms with van der Waals surface area (Å²) in [5, 5.41) is 0. The third-order valence-corrected chi connectivity index (χ3v) is 4.42. The number of hydrogen-bond donors (Lipinski definition) is 0. The highest BCUT2D eigenvalue weighted by Crippen LogP contribution is 2.32. The molecular weight excluding hydrogens is 352 g/mol. The van der Waals surface area contributed by atoms with Crippen molar-refractivity contribution < 1.29 is 19.0 Å². The standard InChI is InChI=1S/C24H26O4/c1-2-26-23(25)15-9-14-21-18-22(17-16-19-10-5-3-6-11-19)28-24(27-21)20-12-7-4-8-13-20/h3-13,15-17,21-22,24H,2,14,18H2,1H3/b15-9-,17-16+/t21-,22+,24-/m0/s1. The summed E-state index contributed by atoms with van der Waals surface area (Å²) in [5.41, 5.74) is 2.12. The van der Waals surface area contributed by atoms with Crippen LogP contribution in [0.2, 0.25) is 0 Å². The Hall–Kier alpha value is -2.69. The summed E-state index contributed by atoms with van der Waals surface area (Å²) in [6.07, 6.45) is 8.24. The Bertz CT molecular complexity index is 783. The van der Waals surface area contributed by atoms with Gasteiger partial charge >= 0.3 is 5.97 Å². The van der Waals surface area contributed by atoms with E-state index in [-0.39, 0.29) is 18.2 Å². The first kappa shape index (κ1) is 20.1. The van der Waals surface area contributed by atoms with Crippen LogP contribution in [0.1, 0.15) is 37.2 Å². The van der Waals surface area contributed by atoms with Crippen LogP contribution in [-0.4, -0.2) is 24.8 Å². The maximum atomic E-state index is 11.5. The first-order valence-electron chi connectivity index (χ1n) is 9.67. The van der Waals surface area contributed by atoms with Gasteiger partial charge in [0.25, 0.3) is 0 Å². The van der Waals surface area contributed by atoms with Gasteiger partial charge in [0.2, 0.25) is 0 Å². The van der Waals surface area contributed by atoms with Gasteiger partial charge in [0, 0.05) is 18.1 Å². The molecular formula is C24H26O4. The highest BCUT2D eigenvalue weighted by atomic mass is 16.7. The third kappa shape index (κ3) is 6.19. The summed E-state index contributed by atoms with van der Waals surface area (Å²) in [5.74, 6) is -0.324. The lowest BCUT2D eigenvalue weighted by atomic mass is 10.0. The van der Waals surface area contributed by atoms with Gasteiger partial charge in [0.05, 0.1) is 18.8 Å².